The average Bonchev–Trinajstić information content (AvgIpc) is 3.35. The topological polar surface area (TPSA) is 87.7 Å². The Bertz CT molecular complexity index is 1800. The number of anilines is 1. The van der Waals surface area contributed by atoms with Crippen LogP contribution in [0.1, 0.15) is 47.2 Å². The van der Waals surface area contributed by atoms with Gasteiger partial charge in [-0.1, -0.05) is 91.0 Å². The van der Waals surface area contributed by atoms with Crippen LogP contribution in [0.25, 0.3) is 21.9 Å². The first-order valence-corrected chi connectivity index (χ1v) is 15.1. The molecular formula is C38H36N2O4. The van der Waals surface area contributed by atoms with Crippen LogP contribution >= 0.6 is 0 Å². The fourth-order valence-electron chi connectivity index (χ4n) is 6.24. The summed E-state index contributed by atoms with van der Waals surface area (Å²) in [6.45, 7) is 2.76. The molecule has 0 aliphatic carbocycles. The molecule has 222 valence electrons. The minimum atomic E-state index is -1.16. The van der Waals surface area contributed by atoms with Gasteiger partial charge >= 0.3 is 5.97 Å². The van der Waals surface area contributed by atoms with Crippen LogP contribution in [-0.2, 0) is 11.2 Å². The van der Waals surface area contributed by atoms with Crippen molar-refractivity contribution >= 4 is 28.3 Å². The van der Waals surface area contributed by atoms with E-state index in [1.54, 1.807) is 6.92 Å². The van der Waals surface area contributed by atoms with Crippen molar-refractivity contribution in [2.75, 3.05) is 18.5 Å². The van der Waals surface area contributed by atoms with Crippen LogP contribution in [0.5, 0.6) is 5.75 Å². The minimum Gasteiger partial charge on any atom is -0.493 e. The van der Waals surface area contributed by atoms with E-state index in [0.717, 1.165) is 45.3 Å². The number of fused-ring (bicyclic) bond motifs is 2. The molecule has 0 aromatic heterocycles. The monoisotopic (exact) mass is 584 g/mol. The van der Waals surface area contributed by atoms with Crippen molar-refractivity contribution in [3.8, 4) is 16.9 Å². The Morgan fingerprint density at radius 3 is 2.48 bits per heavy atom. The highest BCUT2D eigenvalue weighted by Crippen LogP contribution is 2.47. The van der Waals surface area contributed by atoms with Crippen molar-refractivity contribution in [1.29, 1.82) is 0 Å². The minimum absolute atomic E-state index is 0.132. The van der Waals surface area contributed by atoms with E-state index in [9.17, 15) is 14.7 Å². The lowest BCUT2D eigenvalue weighted by atomic mass is 9.80. The number of rotatable bonds is 11. The molecule has 3 N–H and O–H groups in total. The smallest absolute Gasteiger partial charge is 0.329 e. The Morgan fingerprint density at radius 1 is 0.886 bits per heavy atom. The highest BCUT2D eigenvalue weighted by Gasteiger charge is 2.48. The van der Waals surface area contributed by atoms with E-state index in [1.807, 2.05) is 91.0 Å². The molecule has 5 aromatic rings. The van der Waals surface area contributed by atoms with Crippen LogP contribution in [0.3, 0.4) is 0 Å². The molecule has 1 aliphatic rings. The van der Waals surface area contributed by atoms with Gasteiger partial charge in [-0.2, -0.15) is 0 Å². The molecule has 2 atom stereocenters. The van der Waals surface area contributed by atoms with Crippen molar-refractivity contribution in [2.45, 2.75) is 37.6 Å². The molecule has 0 saturated carbocycles. The van der Waals surface area contributed by atoms with Crippen molar-refractivity contribution in [3.63, 3.8) is 0 Å². The van der Waals surface area contributed by atoms with E-state index in [0.29, 0.717) is 31.6 Å². The third-order valence-electron chi connectivity index (χ3n) is 8.63. The van der Waals surface area contributed by atoms with E-state index in [-0.39, 0.29) is 11.8 Å². The van der Waals surface area contributed by atoms with E-state index < -0.39 is 11.5 Å². The fraction of sp³-hybridized carbons (Fsp3) is 0.211. The number of carbonyl (C=O) groups excluding carboxylic acids is 1. The van der Waals surface area contributed by atoms with Crippen LogP contribution in [0, 0.1) is 0 Å². The lowest BCUT2D eigenvalue weighted by Crippen LogP contribution is -2.44. The summed E-state index contributed by atoms with van der Waals surface area (Å²) in [5.41, 5.74) is 4.05. The fourth-order valence-corrected chi connectivity index (χ4v) is 6.24. The highest BCUT2D eigenvalue weighted by atomic mass is 16.5. The number of carboxylic acid groups (broad SMARTS) is 1. The Labute approximate surface area is 257 Å². The molecule has 6 heteroatoms. The maximum atomic E-state index is 13.3. The summed E-state index contributed by atoms with van der Waals surface area (Å²) >= 11 is 0. The number of carbonyl (C=O) groups is 2. The Morgan fingerprint density at radius 2 is 1.64 bits per heavy atom. The molecule has 0 fully saturated rings. The molecule has 1 aliphatic heterocycles. The first-order chi connectivity index (χ1) is 21.4. The number of carboxylic acids is 1. The largest absolute Gasteiger partial charge is 0.493 e. The zero-order chi connectivity index (χ0) is 30.5. The summed E-state index contributed by atoms with van der Waals surface area (Å²) in [5.74, 6) is -0.478. The van der Waals surface area contributed by atoms with Gasteiger partial charge in [0.15, 0.2) is 0 Å². The van der Waals surface area contributed by atoms with Gasteiger partial charge in [-0.3, -0.25) is 4.79 Å². The predicted octanol–water partition coefficient (Wildman–Crippen LogP) is 7.69. The molecule has 0 spiro atoms. The number of benzene rings is 5. The van der Waals surface area contributed by atoms with E-state index in [4.69, 9.17) is 4.74 Å². The molecule has 0 saturated heterocycles. The summed E-state index contributed by atoms with van der Waals surface area (Å²) in [7, 11) is 0. The number of hydrogen-bond donors (Lipinski definition) is 3. The molecule has 5 aromatic carbocycles. The van der Waals surface area contributed by atoms with Crippen molar-refractivity contribution in [1.82, 2.24) is 5.32 Å². The third-order valence-corrected chi connectivity index (χ3v) is 8.63. The summed E-state index contributed by atoms with van der Waals surface area (Å²) in [4.78, 5) is 25.8. The van der Waals surface area contributed by atoms with Crippen molar-refractivity contribution in [3.05, 3.63) is 132 Å². The summed E-state index contributed by atoms with van der Waals surface area (Å²) in [6.07, 6.45) is 2.06. The Hall–Kier alpha value is -5.10. The zero-order valence-electron chi connectivity index (χ0n) is 24.8. The highest BCUT2D eigenvalue weighted by molar-refractivity contribution is 6.01. The second kappa shape index (κ2) is 12.6. The summed E-state index contributed by atoms with van der Waals surface area (Å²) in [6, 6.07) is 37.7. The van der Waals surface area contributed by atoms with Crippen LogP contribution in [0.15, 0.2) is 115 Å². The van der Waals surface area contributed by atoms with Crippen LogP contribution in [0.4, 0.5) is 5.69 Å². The van der Waals surface area contributed by atoms with Crippen LogP contribution < -0.4 is 15.4 Å². The second-order valence-corrected chi connectivity index (χ2v) is 11.5. The SMILES string of the molecule is CC1(C(=O)O)Nc2ccc(-c3ccccc3C(=O)NCCc3ccccc3)cc2C1CCCOc1cccc2ccccc12. The number of nitrogens with one attached hydrogen (secondary N) is 2. The zero-order valence-corrected chi connectivity index (χ0v) is 24.8. The summed E-state index contributed by atoms with van der Waals surface area (Å²) < 4.78 is 6.18. The van der Waals surface area contributed by atoms with Gasteiger partial charge in [0.25, 0.3) is 5.91 Å². The quantitative estimate of drug-likeness (QED) is 0.139. The summed E-state index contributed by atoms with van der Waals surface area (Å²) in [5, 5.41) is 18.8. The molecule has 0 bridgehead atoms. The number of ether oxygens (including phenoxy) is 1. The van der Waals surface area contributed by atoms with Gasteiger partial charge in [-0.25, -0.2) is 4.79 Å². The maximum Gasteiger partial charge on any atom is 0.329 e. The molecule has 6 nitrogen and oxygen atoms in total. The molecule has 1 amide bonds. The van der Waals surface area contributed by atoms with Crippen LogP contribution in [0.2, 0.25) is 0 Å². The van der Waals surface area contributed by atoms with Gasteiger partial charge in [-0.05, 0) is 78.1 Å². The maximum absolute atomic E-state index is 13.3. The van der Waals surface area contributed by atoms with Crippen molar-refractivity contribution < 1.29 is 19.4 Å². The lowest BCUT2D eigenvalue weighted by Gasteiger charge is -2.28. The van der Waals surface area contributed by atoms with Gasteiger partial charge < -0.3 is 20.5 Å². The Balaban J connectivity index is 1.19. The first-order valence-electron chi connectivity index (χ1n) is 15.1. The van der Waals surface area contributed by atoms with Gasteiger partial charge in [0.05, 0.1) is 6.61 Å². The second-order valence-electron chi connectivity index (χ2n) is 11.5. The molecule has 1 heterocycles. The molecule has 0 radical (unpaired) electrons. The van der Waals surface area contributed by atoms with E-state index >= 15 is 0 Å². The number of hydrogen-bond acceptors (Lipinski definition) is 4. The van der Waals surface area contributed by atoms with Gasteiger partial charge in [-0.15, -0.1) is 0 Å². The van der Waals surface area contributed by atoms with Crippen LogP contribution in [-0.4, -0.2) is 35.7 Å². The standard InChI is InChI=1S/C38H36N2O4/c1-38(37(42)43)33(18-10-24-44-35-19-9-14-27-13-5-6-16-30(27)35)32-25-28(20-21-34(32)40-38)29-15-7-8-17-31(29)36(41)39-23-22-26-11-3-2-4-12-26/h2-9,11-17,19-21,25,33,40H,10,18,22-24H2,1H3,(H,39,41)(H,42,43). The van der Waals surface area contributed by atoms with Gasteiger partial charge in [0.1, 0.15) is 11.3 Å². The van der Waals surface area contributed by atoms with Crippen molar-refractivity contribution in [2.24, 2.45) is 0 Å². The van der Waals surface area contributed by atoms with Gasteiger partial charge in [0.2, 0.25) is 0 Å². The first kappa shape index (κ1) is 29.0. The van der Waals surface area contributed by atoms with Gasteiger partial charge in [0, 0.05) is 29.1 Å². The number of aliphatic carboxylic acids is 1. The molecular weight excluding hydrogens is 548 g/mol. The normalized spacial score (nSPS) is 17.1. The Kier molecular flexibility index (Phi) is 8.33. The molecule has 2 unspecified atom stereocenters. The third kappa shape index (κ3) is 5.88. The number of amides is 1. The van der Waals surface area contributed by atoms with E-state index in [2.05, 4.69) is 34.9 Å². The lowest BCUT2D eigenvalue weighted by molar-refractivity contribution is -0.142. The molecule has 44 heavy (non-hydrogen) atoms. The predicted molar refractivity (Wildman–Crippen MR) is 175 cm³/mol. The average molecular weight is 585 g/mol. The molecule has 6 rings (SSSR count). The van der Waals surface area contributed by atoms with E-state index in [1.165, 1.54) is 5.56 Å².